The molecule has 1 aromatic heterocycles. The van der Waals surface area contributed by atoms with Crippen molar-refractivity contribution in [1.82, 2.24) is 15.3 Å². The lowest BCUT2D eigenvalue weighted by Gasteiger charge is -2.33. The number of nitrogens with zero attached hydrogens (tertiary/aromatic N) is 2. The van der Waals surface area contributed by atoms with Gasteiger partial charge in [0.15, 0.2) is 23.3 Å². The molecule has 9 heteroatoms. The third-order valence-electron chi connectivity index (χ3n) is 6.32. The molecule has 0 bridgehead atoms. The molecule has 0 saturated heterocycles. The van der Waals surface area contributed by atoms with Gasteiger partial charge >= 0.3 is 6.09 Å². The highest BCUT2D eigenvalue weighted by Crippen LogP contribution is 2.34. The second-order valence-electron chi connectivity index (χ2n) is 8.59. The maximum Gasteiger partial charge on any atom is 0.410 e. The third-order valence-corrected chi connectivity index (χ3v) is 6.32. The summed E-state index contributed by atoms with van der Waals surface area (Å²) in [5.74, 6) is 2.30. The molecule has 1 amide bonds. The first-order valence-corrected chi connectivity index (χ1v) is 10.6. The first-order valence-electron chi connectivity index (χ1n) is 10.6. The number of amidine groups is 1. The molecule has 1 atom stereocenters. The highest BCUT2D eigenvalue weighted by atomic mass is 16.4. The topological polar surface area (TPSA) is 149 Å². The van der Waals surface area contributed by atoms with E-state index in [9.17, 15) is 4.79 Å². The molecule has 29 heavy (non-hydrogen) atoms. The summed E-state index contributed by atoms with van der Waals surface area (Å²) in [5, 5.41) is 25.6. The van der Waals surface area contributed by atoms with Crippen LogP contribution < -0.4 is 21.7 Å². The van der Waals surface area contributed by atoms with Gasteiger partial charge in [0.05, 0.1) is 0 Å². The van der Waals surface area contributed by atoms with Crippen molar-refractivity contribution in [2.45, 2.75) is 64.8 Å². The van der Waals surface area contributed by atoms with Crippen LogP contribution in [0.25, 0.3) is 0 Å². The summed E-state index contributed by atoms with van der Waals surface area (Å²) in [5.41, 5.74) is 6.84. The normalized spacial score (nSPS) is 23.0. The van der Waals surface area contributed by atoms with E-state index in [1.54, 1.807) is 0 Å². The average molecular weight is 404 g/mol. The summed E-state index contributed by atoms with van der Waals surface area (Å²) in [6.45, 7) is 5.23. The average Bonchev–Trinajstić information content (AvgIpc) is 2.60. The minimum absolute atomic E-state index is 0.0368. The predicted octanol–water partition coefficient (Wildman–Crippen LogP) is 3.49. The molecule has 0 spiro atoms. The summed E-state index contributed by atoms with van der Waals surface area (Å²) >= 11 is 0. The van der Waals surface area contributed by atoms with Gasteiger partial charge in [-0.05, 0) is 50.4 Å². The van der Waals surface area contributed by atoms with Crippen molar-refractivity contribution in [3.8, 4) is 0 Å². The Morgan fingerprint density at radius 1 is 1.24 bits per heavy atom. The number of nitrogens with two attached hydrogens (primary N) is 1. The molecule has 1 unspecified atom stereocenters. The molecule has 3 rings (SSSR count). The first kappa shape index (κ1) is 21.1. The van der Waals surface area contributed by atoms with Crippen LogP contribution >= 0.6 is 0 Å². The molecule has 0 aromatic carbocycles. The van der Waals surface area contributed by atoms with Gasteiger partial charge in [-0.25, -0.2) is 14.8 Å². The highest BCUT2D eigenvalue weighted by Gasteiger charge is 2.26. The number of amides is 1. The fraction of sp³-hybridized carbons (Fsp3) is 0.700. The Morgan fingerprint density at radius 2 is 1.93 bits per heavy atom. The second kappa shape index (κ2) is 9.28. The van der Waals surface area contributed by atoms with E-state index < -0.39 is 11.9 Å². The van der Waals surface area contributed by atoms with E-state index in [1.165, 1.54) is 44.9 Å². The molecule has 1 aromatic rings. The second-order valence-corrected chi connectivity index (χ2v) is 8.59. The Labute approximate surface area is 171 Å². The Hall–Kier alpha value is -2.58. The highest BCUT2D eigenvalue weighted by molar-refractivity contribution is 6.02. The first-order chi connectivity index (χ1) is 13.8. The van der Waals surface area contributed by atoms with E-state index in [0.29, 0.717) is 23.3 Å². The van der Waals surface area contributed by atoms with Crippen LogP contribution in [0.3, 0.4) is 0 Å². The van der Waals surface area contributed by atoms with E-state index in [2.05, 4.69) is 34.4 Å². The SMILES string of the molecule is CC1CCC(CNc2c(N)nc(C(=N)NC(=O)O)nc2NC(C)C2CCC2)CC1. The number of aromatic nitrogens is 2. The monoisotopic (exact) mass is 403 g/mol. The van der Waals surface area contributed by atoms with Crippen molar-refractivity contribution < 1.29 is 9.90 Å². The lowest BCUT2D eigenvalue weighted by molar-refractivity contribution is 0.200. The summed E-state index contributed by atoms with van der Waals surface area (Å²) in [6, 6.07) is 0.212. The van der Waals surface area contributed by atoms with Gasteiger partial charge in [-0.3, -0.25) is 10.7 Å². The number of carbonyl (C=O) groups is 1. The van der Waals surface area contributed by atoms with Gasteiger partial charge in [-0.2, -0.15) is 0 Å². The molecule has 1 heterocycles. The largest absolute Gasteiger partial charge is 0.465 e. The van der Waals surface area contributed by atoms with E-state index in [1.807, 2.05) is 5.32 Å². The minimum atomic E-state index is -1.33. The van der Waals surface area contributed by atoms with Crippen LogP contribution in [0.2, 0.25) is 0 Å². The van der Waals surface area contributed by atoms with Crippen LogP contribution in [-0.4, -0.2) is 39.6 Å². The summed E-state index contributed by atoms with van der Waals surface area (Å²) in [6.07, 6.45) is 7.17. The lowest BCUT2D eigenvalue weighted by atomic mass is 9.80. The van der Waals surface area contributed by atoms with Crippen molar-refractivity contribution >= 4 is 29.3 Å². The minimum Gasteiger partial charge on any atom is -0.465 e. The fourth-order valence-corrected chi connectivity index (χ4v) is 4.08. The van der Waals surface area contributed by atoms with Crippen molar-refractivity contribution in [3.63, 3.8) is 0 Å². The zero-order valence-electron chi connectivity index (χ0n) is 17.3. The smallest absolute Gasteiger partial charge is 0.410 e. The number of anilines is 3. The molecule has 0 aliphatic heterocycles. The third kappa shape index (κ3) is 5.48. The Morgan fingerprint density at radius 3 is 2.52 bits per heavy atom. The molecule has 2 aliphatic rings. The van der Waals surface area contributed by atoms with Crippen LogP contribution in [0.15, 0.2) is 0 Å². The summed E-state index contributed by atoms with van der Waals surface area (Å²) < 4.78 is 0. The van der Waals surface area contributed by atoms with Crippen molar-refractivity contribution in [1.29, 1.82) is 5.41 Å². The predicted molar refractivity (Wildman–Crippen MR) is 114 cm³/mol. The Bertz CT molecular complexity index is 743. The number of carboxylic acid groups (broad SMARTS) is 1. The number of hydrogen-bond acceptors (Lipinski definition) is 7. The van der Waals surface area contributed by atoms with Crippen LogP contribution in [0, 0.1) is 23.2 Å². The molecular formula is C20H33N7O2. The van der Waals surface area contributed by atoms with Gasteiger partial charge in [0, 0.05) is 12.6 Å². The maximum atomic E-state index is 10.9. The van der Waals surface area contributed by atoms with Gasteiger partial charge in [0.2, 0.25) is 0 Å². The Kier molecular flexibility index (Phi) is 6.76. The number of nitrogens with one attached hydrogen (secondary N) is 4. The van der Waals surface area contributed by atoms with Crippen LogP contribution in [-0.2, 0) is 0 Å². The van der Waals surface area contributed by atoms with E-state index in [4.69, 9.17) is 16.2 Å². The summed E-state index contributed by atoms with van der Waals surface area (Å²) in [4.78, 5) is 19.5. The van der Waals surface area contributed by atoms with Gasteiger partial charge in [0.1, 0.15) is 5.69 Å². The van der Waals surface area contributed by atoms with Crippen LogP contribution in [0.1, 0.15) is 64.6 Å². The van der Waals surface area contributed by atoms with Crippen molar-refractivity contribution in [3.05, 3.63) is 5.82 Å². The van der Waals surface area contributed by atoms with Crippen LogP contribution in [0.5, 0.6) is 0 Å². The van der Waals surface area contributed by atoms with Crippen molar-refractivity contribution in [2.75, 3.05) is 22.9 Å². The standard InChI is InChI=1S/C20H33N7O2/c1-11-6-8-13(9-7-11)10-23-15-16(21)25-19(17(22)26-20(28)29)27-18(15)24-12(2)14-4-3-5-14/h11-14,23H,3-10H2,1-2H3,(H2,22,26)(H,28,29)(H3,21,24,25,27). The molecule has 7 N–H and O–H groups in total. The van der Waals surface area contributed by atoms with Gasteiger partial charge in [0.25, 0.3) is 0 Å². The van der Waals surface area contributed by atoms with E-state index >= 15 is 0 Å². The fourth-order valence-electron chi connectivity index (χ4n) is 4.08. The molecular weight excluding hydrogens is 370 g/mol. The zero-order valence-corrected chi connectivity index (χ0v) is 17.3. The van der Waals surface area contributed by atoms with Crippen molar-refractivity contribution in [2.24, 2.45) is 17.8 Å². The van der Waals surface area contributed by atoms with Gasteiger partial charge in [-0.1, -0.05) is 26.2 Å². The van der Waals surface area contributed by atoms with E-state index in [0.717, 1.165) is 12.5 Å². The lowest BCUT2D eigenvalue weighted by Crippen LogP contribution is -2.33. The number of nitrogen functional groups attached to an aromatic ring is 1. The molecule has 0 radical (unpaired) electrons. The number of rotatable bonds is 7. The molecule has 9 nitrogen and oxygen atoms in total. The van der Waals surface area contributed by atoms with Gasteiger partial charge < -0.3 is 21.5 Å². The number of hydrogen-bond donors (Lipinski definition) is 6. The molecule has 2 saturated carbocycles. The molecule has 160 valence electrons. The van der Waals surface area contributed by atoms with Gasteiger partial charge in [-0.15, -0.1) is 0 Å². The quantitative estimate of drug-likeness (QED) is 0.301. The maximum absolute atomic E-state index is 10.9. The zero-order chi connectivity index (χ0) is 21.0. The summed E-state index contributed by atoms with van der Waals surface area (Å²) in [7, 11) is 0. The molecule has 2 fully saturated rings. The Balaban J connectivity index is 1.78. The van der Waals surface area contributed by atoms with Crippen LogP contribution in [0.4, 0.5) is 22.1 Å². The molecule has 2 aliphatic carbocycles. The van der Waals surface area contributed by atoms with E-state index in [-0.39, 0.29) is 17.7 Å².